The van der Waals surface area contributed by atoms with Gasteiger partial charge < -0.3 is 21.1 Å². The van der Waals surface area contributed by atoms with Crippen molar-refractivity contribution in [1.82, 2.24) is 20.0 Å². The molecule has 3 aromatic rings. The largest absolute Gasteiger partial charge is 0.480 e. The van der Waals surface area contributed by atoms with E-state index in [0.717, 1.165) is 4.90 Å². The van der Waals surface area contributed by atoms with E-state index in [9.17, 15) is 23.6 Å². The molecule has 3 amide bonds. The molecule has 0 aliphatic carbocycles. The number of rotatable bonds is 9. The number of carbonyl (C=O) groups is 4. The zero-order valence-electron chi connectivity index (χ0n) is 17.1. The van der Waals surface area contributed by atoms with Gasteiger partial charge in [0, 0.05) is 17.5 Å². The van der Waals surface area contributed by atoms with Crippen LogP contribution >= 0.6 is 11.6 Å². The van der Waals surface area contributed by atoms with Crippen LogP contribution < -0.4 is 11.1 Å². The first-order valence-corrected chi connectivity index (χ1v) is 9.99. The number of carbonyl (C=O) groups excluding carboxylic acids is 3. The van der Waals surface area contributed by atoms with Crippen LogP contribution in [0.3, 0.4) is 0 Å². The van der Waals surface area contributed by atoms with Crippen molar-refractivity contribution in [1.29, 1.82) is 0 Å². The van der Waals surface area contributed by atoms with Crippen LogP contribution in [0.1, 0.15) is 16.1 Å². The Morgan fingerprint density at radius 1 is 1.12 bits per heavy atom. The van der Waals surface area contributed by atoms with Crippen LogP contribution in [0.4, 0.5) is 4.39 Å². The molecule has 12 heteroatoms. The van der Waals surface area contributed by atoms with Gasteiger partial charge in [-0.3, -0.25) is 23.9 Å². The van der Waals surface area contributed by atoms with Crippen LogP contribution in [0.15, 0.2) is 42.5 Å². The molecule has 1 heterocycles. The number of carboxylic acids is 1. The van der Waals surface area contributed by atoms with Gasteiger partial charge >= 0.3 is 5.97 Å². The van der Waals surface area contributed by atoms with Gasteiger partial charge in [0.2, 0.25) is 11.8 Å². The first-order chi connectivity index (χ1) is 15.7. The molecule has 0 spiro atoms. The highest BCUT2D eigenvalue weighted by molar-refractivity contribution is 6.30. The molecule has 10 nitrogen and oxygen atoms in total. The standard InChI is InChI=1S/C21H19ClFN5O5/c22-14-6-3-4-12(19(14)23)8-25-16(29)9-27(11-18(31)32)17(30)10-28-15-7-2-1-5-13(15)20(26-28)21(24)33/h1-7H,8-11H2,(H2,24,33)(H,25,29)(H,31,32). The number of nitrogens with one attached hydrogen (secondary N) is 1. The minimum absolute atomic E-state index is 0.0375. The van der Waals surface area contributed by atoms with Crippen molar-refractivity contribution in [3.05, 3.63) is 64.6 Å². The maximum Gasteiger partial charge on any atom is 0.323 e. The van der Waals surface area contributed by atoms with E-state index in [1.165, 1.54) is 22.9 Å². The van der Waals surface area contributed by atoms with E-state index in [-0.39, 0.29) is 22.8 Å². The van der Waals surface area contributed by atoms with Gasteiger partial charge in [-0.2, -0.15) is 5.10 Å². The molecule has 0 bridgehead atoms. The number of hydrogen-bond acceptors (Lipinski definition) is 5. The van der Waals surface area contributed by atoms with E-state index in [4.69, 9.17) is 22.4 Å². The second-order valence-corrected chi connectivity index (χ2v) is 7.43. The number of halogens is 2. The van der Waals surface area contributed by atoms with Gasteiger partial charge in [0.05, 0.1) is 10.5 Å². The number of fused-ring (bicyclic) bond motifs is 1. The third-order valence-electron chi connectivity index (χ3n) is 4.70. The summed E-state index contributed by atoms with van der Waals surface area (Å²) < 4.78 is 15.2. The van der Waals surface area contributed by atoms with Gasteiger partial charge in [-0.15, -0.1) is 0 Å². The van der Waals surface area contributed by atoms with Crippen molar-refractivity contribution >= 4 is 46.2 Å². The summed E-state index contributed by atoms with van der Waals surface area (Å²) in [5.74, 6) is -4.24. The number of hydrogen-bond donors (Lipinski definition) is 3. The van der Waals surface area contributed by atoms with Crippen LogP contribution in [-0.2, 0) is 27.5 Å². The molecule has 0 fully saturated rings. The number of nitrogens with two attached hydrogens (primary N) is 1. The quantitative estimate of drug-likeness (QED) is 0.423. The molecule has 1 aromatic heterocycles. The summed E-state index contributed by atoms with van der Waals surface area (Å²) in [7, 11) is 0. The second-order valence-electron chi connectivity index (χ2n) is 7.02. The monoisotopic (exact) mass is 475 g/mol. The van der Waals surface area contributed by atoms with Crippen LogP contribution in [-0.4, -0.2) is 56.6 Å². The average Bonchev–Trinajstić information content (AvgIpc) is 3.13. The molecule has 0 radical (unpaired) electrons. The fraction of sp³-hybridized carbons (Fsp3) is 0.190. The normalized spacial score (nSPS) is 10.7. The zero-order chi connectivity index (χ0) is 24.1. The molecule has 4 N–H and O–H groups in total. The lowest BCUT2D eigenvalue weighted by atomic mass is 10.2. The SMILES string of the molecule is NC(=O)c1nn(CC(=O)N(CC(=O)O)CC(=O)NCc2cccc(Cl)c2F)c2ccccc12. The number of benzene rings is 2. The number of amides is 3. The lowest BCUT2D eigenvalue weighted by Crippen LogP contribution is -2.44. The Labute approximate surface area is 191 Å². The van der Waals surface area contributed by atoms with Gasteiger partial charge in [0.1, 0.15) is 25.5 Å². The topological polar surface area (TPSA) is 148 Å². The second kappa shape index (κ2) is 10.1. The molecule has 0 aliphatic heterocycles. The zero-order valence-corrected chi connectivity index (χ0v) is 17.9. The van der Waals surface area contributed by atoms with Gasteiger partial charge in [-0.05, 0) is 12.1 Å². The lowest BCUT2D eigenvalue weighted by Gasteiger charge is -2.20. The number of nitrogens with zero attached hydrogens (tertiary/aromatic N) is 3. The summed E-state index contributed by atoms with van der Waals surface area (Å²) in [4.78, 5) is 48.8. The Hall–Kier alpha value is -3.99. The highest BCUT2D eigenvalue weighted by Crippen LogP contribution is 2.19. The fourth-order valence-corrected chi connectivity index (χ4v) is 3.36. The summed E-state index contributed by atoms with van der Waals surface area (Å²) in [6.45, 7) is -1.97. The molecule has 0 saturated carbocycles. The maximum absolute atomic E-state index is 14.0. The Morgan fingerprint density at radius 3 is 2.55 bits per heavy atom. The van der Waals surface area contributed by atoms with E-state index in [1.54, 1.807) is 24.3 Å². The van der Waals surface area contributed by atoms with Crippen molar-refractivity contribution in [2.45, 2.75) is 13.1 Å². The summed E-state index contributed by atoms with van der Waals surface area (Å²) in [6.07, 6.45) is 0. The van der Waals surface area contributed by atoms with Crippen molar-refractivity contribution in [2.75, 3.05) is 13.1 Å². The number of para-hydroxylation sites is 1. The highest BCUT2D eigenvalue weighted by Gasteiger charge is 2.23. The van der Waals surface area contributed by atoms with E-state index >= 15 is 0 Å². The van der Waals surface area contributed by atoms with Crippen molar-refractivity contribution in [3.63, 3.8) is 0 Å². The third kappa shape index (κ3) is 5.63. The Morgan fingerprint density at radius 2 is 1.85 bits per heavy atom. The van der Waals surface area contributed by atoms with Gasteiger partial charge in [0.15, 0.2) is 5.69 Å². The molecule has 2 aromatic carbocycles. The minimum Gasteiger partial charge on any atom is -0.480 e. The molecule has 0 aliphatic rings. The van der Waals surface area contributed by atoms with Gasteiger partial charge in [0.25, 0.3) is 5.91 Å². The average molecular weight is 476 g/mol. The number of aliphatic carboxylic acids is 1. The first-order valence-electron chi connectivity index (χ1n) is 9.62. The minimum atomic E-state index is -1.33. The molecule has 172 valence electrons. The van der Waals surface area contributed by atoms with Crippen LogP contribution in [0.25, 0.3) is 10.9 Å². The summed E-state index contributed by atoms with van der Waals surface area (Å²) in [5, 5.41) is 16.0. The summed E-state index contributed by atoms with van der Waals surface area (Å²) in [5.41, 5.74) is 5.88. The van der Waals surface area contributed by atoms with Crippen LogP contribution in [0.2, 0.25) is 5.02 Å². The molecule has 0 atom stereocenters. The highest BCUT2D eigenvalue weighted by atomic mass is 35.5. The molecule has 33 heavy (non-hydrogen) atoms. The number of aromatic nitrogens is 2. The Balaban J connectivity index is 1.73. The first kappa shape index (κ1) is 23.7. The van der Waals surface area contributed by atoms with Crippen molar-refractivity contribution in [2.24, 2.45) is 5.73 Å². The van der Waals surface area contributed by atoms with Crippen molar-refractivity contribution < 1.29 is 28.7 Å². The molecular formula is C21H19ClFN5O5. The molecule has 0 unspecified atom stereocenters. The van der Waals surface area contributed by atoms with Crippen molar-refractivity contribution in [3.8, 4) is 0 Å². The van der Waals surface area contributed by atoms with E-state index in [1.807, 2.05) is 0 Å². The summed E-state index contributed by atoms with van der Waals surface area (Å²) in [6, 6.07) is 10.9. The molecular weight excluding hydrogens is 457 g/mol. The predicted octanol–water partition coefficient (Wildman–Crippen LogP) is 1.16. The maximum atomic E-state index is 14.0. The molecule has 3 rings (SSSR count). The van der Waals surface area contributed by atoms with E-state index in [2.05, 4.69) is 10.4 Å². The van der Waals surface area contributed by atoms with E-state index < -0.39 is 49.1 Å². The van der Waals surface area contributed by atoms with Gasteiger partial charge in [-0.1, -0.05) is 41.9 Å². The molecule has 0 saturated heterocycles. The van der Waals surface area contributed by atoms with E-state index in [0.29, 0.717) is 10.9 Å². The Bertz CT molecular complexity index is 1250. The number of primary amides is 1. The fourth-order valence-electron chi connectivity index (χ4n) is 3.16. The van der Waals surface area contributed by atoms with Crippen LogP contribution in [0.5, 0.6) is 0 Å². The number of carboxylic acid groups (broad SMARTS) is 1. The summed E-state index contributed by atoms with van der Waals surface area (Å²) >= 11 is 5.71. The van der Waals surface area contributed by atoms with Crippen LogP contribution in [0, 0.1) is 5.82 Å². The lowest BCUT2D eigenvalue weighted by molar-refractivity contribution is -0.146. The smallest absolute Gasteiger partial charge is 0.323 e. The van der Waals surface area contributed by atoms with Gasteiger partial charge in [-0.25, -0.2) is 4.39 Å². The third-order valence-corrected chi connectivity index (χ3v) is 4.99. The Kier molecular flexibility index (Phi) is 7.23. The predicted molar refractivity (Wildman–Crippen MR) is 116 cm³/mol.